The molecule has 0 radical (unpaired) electrons. The summed E-state index contributed by atoms with van der Waals surface area (Å²) in [4.78, 5) is 3.74. The van der Waals surface area contributed by atoms with Crippen molar-refractivity contribution >= 4 is 12.6 Å². The predicted octanol–water partition coefficient (Wildman–Crippen LogP) is 0.582. The Morgan fingerprint density at radius 3 is 2.50 bits per heavy atom. The Morgan fingerprint density at radius 2 is 2.12 bits per heavy atom. The molecule has 0 saturated carbocycles. The second-order valence-corrected chi connectivity index (χ2v) is 1.32. The fourth-order valence-electron chi connectivity index (χ4n) is 0.379. The van der Waals surface area contributed by atoms with E-state index < -0.39 is 0 Å². The lowest BCUT2D eigenvalue weighted by atomic mass is 10.9. The van der Waals surface area contributed by atoms with Crippen molar-refractivity contribution in [2.45, 2.75) is 6.92 Å². The monoisotopic (exact) mass is 113 g/mol. The zero-order valence-corrected chi connectivity index (χ0v) is 5.50. The fourth-order valence-corrected chi connectivity index (χ4v) is 0.379. The van der Waals surface area contributed by atoms with E-state index in [1.165, 1.54) is 0 Å². The molecule has 0 fully saturated rings. The van der Waals surface area contributed by atoms with E-state index in [9.17, 15) is 0 Å². The van der Waals surface area contributed by atoms with Gasteiger partial charge < -0.3 is 0 Å². The van der Waals surface area contributed by atoms with Gasteiger partial charge in [-0.15, -0.1) is 0 Å². The van der Waals surface area contributed by atoms with Crippen LogP contribution in [0, 0.1) is 0 Å². The Hall–Kier alpha value is -0.860. The lowest BCUT2D eigenvalue weighted by Gasteiger charge is -2.00. The third kappa shape index (κ3) is 3.33. The van der Waals surface area contributed by atoms with E-state index in [4.69, 9.17) is 0 Å². The van der Waals surface area contributed by atoms with Gasteiger partial charge in [0.05, 0.1) is 0 Å². The zero-order valence-electron chi connectivity index (χ0n) is 5.50. The summed E-state index contributed by atoms with van der Waals surface area (Å²) in [6.07, 6.45) is 3.35. The van der Waals surface area contributed by atoms with Gasteiger partial charge in [0, 0.05) is 20.3 Å². The van der Waals surface area contributed by atoms with Gasteiger partial charge in [-0.1, -0.05) is 0 Å². The summed E-state index contributed by atoms with van der Waals surface area (Å²) >= 11 is 0. The lowest BCUT2D eigenvalue weighted by molar-refractivity contribution is 0.563. The highest BCUT2D eigenvalue weighted by atomic mass is 15.4. The van der Waals surface area contributed by atoms with E-state index in [1.54, 1.807) is 24.6 Å². The molecule has 0 aliphatic carbocycles. The standard InChI is InChI=1S/C5H11N3/c1-4-7-8(3)5-6-2/h4-5H,1-3H3/b6-5?,7-4-. The largest absolute Gasteiger partial charge is 0.277 e. The van der Waals surface area contributed by atoms with Crippen molar-refractivity contribution in [1.82, 2.24) is 5.01 Å². The molecule has 0 aromatic rings. The minimum atomic E-state index is 1.64. The molecule has 0 aromatic carbocycles. The highest BCUT2D eigenvalue weighted by Gasteiger charge is 1.76. The molecule has 0 amide bonds. The van der Waals surface area contributed by atoms with Gasteiger partial charge in [-0.3, -0.25) is 10.0 Å². The second kappa shape index (κ2) is 4.30. The first-order valence-electron chi connectivity index (χ1n) is 2.45. The average Bonchev–Trinajstić information content (AvgIpc) is 1.68. The molecule has 0 aliphatic heterocycles. The van der Waals surface area contributed by atoms with Crippen LogP contribution in [0.3, 0.4) is 0 Å². The Bertz CT molecular complexity index is 83.8. The molecule has 0 rings (SSSR count). The van der Waals surface area contributed by atoms with E-state index in [0.29, 0.717) is 0 Å². The summed E-state index contributed by atoms with van der Waals surface area (Å²) < 4.78 is 0. The maximum atomic E-state index is 3.87. The summed E-state index contributed by atoms with van der Waals surface area (Å²) in [6, 6.07) is 0. The number of hydrogen-bond donors (Lipinski definition) is 0. The topological polar surface area (TPSA) is 28.0 Å². The number of aliphatic imine (C=N–C) groups is 1. The van der Waals surface area contributed by atoms with Crippen LogP contribution in [-0.4, -0.2) is 31.7 Å². The summed E-state index contributed by atoms with van der Waals surface area (Å²) in [7, 11) is 3.54. The van der Waals surface area contributed by atoms with Gasteiger partial charge in [-0.2, -0.15) is 5.10 Å². The Kier molecular flexibility index (Phi) is 3.84. The lowest BCUT2D eigenvalue weighted by Crippen LogP contribution is -2.06. The number of nitrogens with zero attached hydrogens (tertiary/aromatic N) is 3. The molecule has 8 heavy (non-hydrogen) atoms. The molecule has 0 N–H and O–H groups in total. The van der Waals surface area contributed by atoms with E-state index in [2.05, 4.69) is 10.1 Å². The molecule has 0 atom stereocenters. The van der Waals surface area contributed by atoms with Crippen molar-refractivity contribution in [1.29, 1.82) is 0 Å². The number of hydrogen-bond acceptors (Lipinski definition) is 2. The molecule has 0 saturated heterocycles. The zero-order chi connectivity index (χ0) is 6.41. The molecule has 3 nitrogen and oxygen atoms in total. The molecule has 0 bridgehead atoms. The van der Waals surface area contributed by atoms with Crippen LogP contribution in [0.2, 0.25) is 0 Å². The molecule has 0 heterocycles. The van der Waals surface area contributed by atoms with Gasteiger partial charge in [-0.25, -0.2) is 0 Å². The smallest absolute Gasteiger partial charge is 0.105 e. The number of rotatable bonds is 2. The minimum Gasteiger partial charge on any atom is -0.277 e. The van der Waals surface area contributed by atoms with Gasteiger partial charge in [0.25, 0.3) is 0 Å². The van der Waals surface area contributed by atoms with Crippen LogP contribution in [0.4, 0.5) is 0 Å². The normalized spacial score (nSPS) is 11.4. The van der Waals surface area contributed by atoms with Gasteiger partial charge in [0.15, 0.2) is 0 Å². The summed E-state index contributed by atoms with van der Waals surface area (Å²) in [5.74, 6) is 0. The molecular formula is C5H11N3. The van der Waals surface area contributed by atoms with Gasteiger partial charge in [0.1, 0.15) is 6.34 Å². The van der Waals surface area contributed by atoms with Gasteiger partial charge >= 0.3 is 0 Å². The van der Waals surface area contributed by atoms with Gasteiger partial charge in [0.2, 0.25) is 0 Å². The van der Waals surface area contributed by atoms with Crippen LogP contribution in [-0.2, 0) is 0 Å². The fraction of sp³-hybridized carbons (Fsp3) is 0.600. The first-order valence-corrected chi connectivity index (χ1v) is 2.45. The quantitative estimate of drug-likeness (QED) is 0.292. The Labute approximate surface area is 49.7 Å². The predicted molar refractivity (Wildman–Crippen MR) is 36.3 cm³/mol. The first-order chi connectivity index (χ1) is 3.81. The van der Waals surface area contributed by atoms with Crippen molar-refractivity contribution in [2.24, 2.45) is 10.1 Å². The number of hydrazone groups is 1. The maximum Gasteiger partial charge on any atom is 0.105 e. The molecule has 46 valence electrons. The van der Waals surface area contributed by atoms with Crippen LogP contribution in [0.25, 0.3) is 0 Å². The van der Waals surface area contributed by atoms with Crippen LogP contribution < -0.4 is 0 Å². The van der Waals surface area contributed by atoms with Crippen LogP contribution in [0.15, 0.2) is 10.1 Å². The highest BCUT2D eigenvalue weighted by molar-refractivity contribution is 5.58. The molecule has 3 heteroatoms. The molecule has 0 spiro atoms. The summed E-state index contributed by atoms with van der Waals surface area (Å²) in [5, 5.41) is 5.51. The molecule has 0 unspecified atom stereocenters. The minimum absolute atomic E-state index is 1.64. The van der Waals surface area contributed by atoms with Crippen molar-refractivity contribution in [3.8, 4) is 0 Å². The van der Waals surface area contributed by atoms with E-state index >= 15 is 0 Å². The van der Waals surface area contributed by atoms with E-state index in [-0.39, 0.29) is 0 Å². The SMILES string of the molecule is C/C=N\N(C)C=NC. The van der Waals surface area contributed by atoms with Crippen LogP contribution in [0.5, 0.6) is 0 Å². The Morgan fingerprint density at radius 1 is 1.50 bits per heavy atom. The van der Waals surface area contributed by atoms with Crippen molar-refractivity contribution in [3.05, 3.63) is 0 Å². The molecule has 0 aromatic heterocycles. The Balaban J connectivity index is 3.47. The first kappa shape index (κ1) is 7.14. The van der Waals surface area contributed by atoms with E-state index in [1.807, 2.05) is 14.0 Å². The van der Waals surface area contributed by atoms with Crippen LogP contribution >= 0.6 is 0 Å². The highest BCUT2D eigenvalue weighted by Crippen LogP contribution is 1.72. The molecular weight excluding hydrogens is 102 g/mol. The summed E-state index contributed by atoms with van der Waals surface area (Å²) in [6.45, 7) is 1.86. The summed E-state index contributed by atoms with van der Waals surface area (Å²) in [5.41, 5.74) is 0. The second-order valence-electron chi connectivity index (χ2n) is 1.32. The van der Waals surface area contributed by atoms with Crippen molar-refractivity contribution in [3.63, 3.8) is 0 Å². The van der Waals surface area contributed by atoms with Crippen LogP contribution in [0.1, 0.15) is 6.92 Å². The molecule has 0 aliphatic rings. The van der Waals surface area contributed by atoms with Crippen molar-refractivity contribution < 1.29 is 0 Å². The van der Waals surface area contributed by atoms with Gasteiger partial charge in [-0.05, 0) is 6.92 Å². The maximum absolute atomic E-state index is 3.87. The van der Waals surface area contributed by atoms with Crippen molar-refractivity contribution in [2.75, 3.05) is 14.1 Å². The third-order valence-corrected chi connectivity index (χ3v) is 0.580. The van der Waals surface area contributed by atoms with E-state index in [0.717, 1.165) is 0 Å². The average molecular weight is 113 g/mol. The third-order valence-electron chi connectivity index (χ3n) is 0.580.